The van der Waals surface area contributed by atoms with Crippen LogP contribution in [0.2, 0.25) is 0 Å². The normalized spacial score (nSPS) is 23.9. The molecule has 1 aromatic carbocycles. The molecular weight excluding hydrogens is 288 g/mol. The minimum atomic E-state index is -0.146. The van der Waals surface area contributed by atoms with Crippen LogP contribution in [0.15, 0.2) is 36.5 Å². The molecule has 1 heterocycles. The molecule has 5 heteroatoms. The quantitative estimate of drug-likeness (QED) is 0.914. The predicted octanol–water partition coefficient (Wildman–Crippen LogP) is 2.35. The summed E-state index contributed by atoms with van der Waals surface area (Å²) in [5.41, 5.74) is 9.13. The van der Waals surface area contributed by atoms with Gasteiger partial charge in [0.2, 0.25) is 0 Å². The van der Waals surface area contributed by atoms with E-state index in [1.165, 1.54) is 18.4 Å². The van der Waals surface area contributed by atoms with E-state index in [-0.39, 0.29) is 18.0 Å². The van der Waals surface area contributed by atoms with Crippen LogP contribution in [-0.4, -0.2) is 21.7 Å². The van der Waals surface area contributed by atoms with Crippen molar-refractivity contribution in [3.63, 3.8) is 0 Å². The van der Waals surface area contributed by atoms with E-state index in [9.17, 15) is 4.79 Å². The van der Waals surface area contributed by atoms with Gasteiger partial charge in [0.1, 0.15) is 5.69 Å². The van der Waals surface area contributed by atoms with Crippen molar-refractivity contribution in [2.45, 2.75) is 50.2 Å². The van der Waals surface area contributed by atoms with Gasteiger partial charge >= 0.3 is 0 Å². The fourth-order valence-electron chi connectivity index (χ4n) is 3.84. The lowest BCUT2D eigenvalue weighted by atomic mass is 10.1. The Hall–Kier alpha value is -2.14. The maximum Gasteiger partial charge on any atom is 0.272 e. The zero-order valence-corrected chi connectivity index (χ0v) is 13.1. The van der Waals surface area contributed by atoms with Gasteiger partial charge in [0.25, 0.3) is 5.91 Å². The minimum Gasteiger partial charge on any atom is -0.346 e. The number of benzene rings is 1. The second kappa shape index (κ2) is 5.81. The third kappa shape index (κ3) is 2.65. The Morgan fingerprint density at radius 2 is 2.00 bits per heavy atom. The monoisotopic (exact) mass is 310 g/mol. The smallest absolute Gasteiger partial charge is 0.272 e. The third-order valence-corrected chi connectivity index (χ3v) is 5.14. The van der Waals surface area contributed by atoms with Crippen molar-refractivity contribution in [3.8, 4) is 0 Å². The molecule has 0 saturated heterocycles. The summed E-state index contributed by atoms with van der Waals surface area (Å²) >= 11 is 0. The zero-order chi connectivity index (χ0) is 15.8. The van der Waals surface area contributed by atoms with Gasteiger partial charge < -0.3 is 11.1 Å². The van der Waals surface area contributed by atoms with E-state index in [0.29, 0.717) is 11.7 Å². The van der Waals surface area contributed by atoms with Gasteiger partial charge in [-0.25, -0.2) is 0 Å². The van der Waals surface area contributed by atoms with E-state index in [1.807, 2.05) is 29.1 Å². The highest BCUT2D eigenvalue weighted by Crippen LogP contribution is 2.30. The number of hydrogen-bond acceptors (Lipinski definition) is 3. The molecule has 1 saturated carbocycles. The Morgan fingerprint density at radius 1 is 1.22 bits per heavy atom. The lowest BCUT2D eigenvalue weighted by Crippen LogP contribution is -2.40. The van der Waals surface area contributed by atoms with Gasteiger partial charge in [-0.15, -0.1) is 0 Å². The first kappa shape index (κ1) is 14.5. The molecule has 2 aromatic rings. The van der Waals surface area contributed by atoms with Crippen LogP contribution >= 0.6 is 0 Å². The maximum atomic E-state index is 12.5. The van der Waals surface area contributed by atoms with Crippen molar-refractivity contribution in [1.29, 1.82) is 0 Å². The molecule has 0 aliphatic heterocycles. The molecule has 2 aliphatic rings. The minimum absolute atomic E-state index is 0.0588. The second-order valence-corrected chi connectivity index (χ2v) is 6.63. The Kier molecular flexibility index (Phi) is 3.65. The first-order valence-electron chi connectivity index (χ1n) is 8.42. The SMILES string of the molecule is N[C@@H]1c2ccccc2C[C@H]1NC(=O)c1ccn(C2CCCC2)n1. The number of rotatable bonds is 3. The summed E-state index contributed by atoms with van der Waals surface area (Å²) < 4.78 is 1.95. The van der Waals surface area contributed by atoms with E-state index in [2.05, 4.69) is 16.5 Å². The van der Waals surface area contributed by atoms with Crippen molar-refractivity contribution in [2.75, 3.05) is 0 Å². The second-order valence-electron chi connectivity index (χ2n) is 6.63. The predicted molar refractivity (Wildman–Crippen MR) is 88.1 cm³/mol. The summed E-state index contributed by atoms with van der Waals surface area (Å²) in [6, 6.07) is 10.2. The summed E-state index contributed by atoms with van der Waals surface area (Å²) in [7, 11) is 0. The van der Waals surface area contributed by atoms with Gasteiger partial charge in [-0.3, -0.25) is 9.48 Å². The fraction of sp³-hybridized carbons (Fsp3) is 0.444. The van der Waals surface area contributed by atoms with Crippen LogP contribution < -0.4 is 11.1 Å². The molecule has 2 aliphatic carbocycles. The Balaban J connectivity index is 1.45. The molecule has 0 bridgehead atoms. The zero-order valence-electron chi connectivity index (χ0n) is 13.1. The molecule has 4 rings (SSSR count). The Bertz CT molecular complexity index is 717. The molecule has 23 heavy (non-hydrogen) atoms. The summed E-state index contributed by atoms with van der Waals surface area (Å²) in [6.45, 7) is 0. The van der Waals surface area contributed by atoms with E-state index in [1.54, 1.807) is 6.07 Å². The number of hydrogen-bond donors (Lipinski definition) is 2. The first-order chi connectivity index (χ1) is 11.2. The van der Waals surface area contributed by atoms with Crippen LogP contribution in [0, 0.1) is 0 Å². The van der Waals surface area contributed by atoms with Crippen molar-refractivity contribution in [1.82, 2.24) is 15.1 Å². The molecule has 3 N–H and O–H groups in total. The first-order valence-corrected chi connectivity index (χ1v) is 8.42. The van der Waals surface area contributed by atoms with Crippen LogP contribution in [-0.2, 0) is 6.42 Å². The molecule has 0 spiro atoms. The fourth-order valence-corrected chi connectivity index (χ4v) is 3.84. The van der Waals surface area contributed by atoms with Gasteiger partial charge in [0, 0.05) is 6.20 Å². The molecule has 0 radical (unpaired) electrons. The topological polar surface area (TPSA) is 72.9 Å². The van der Waals surface area contributed by atoms with Crippen LogP contribution in [0.25, 0.3) is 0 Å². The molecule has 120 valence electrons. The van der Waals surface area contributed by atoms with Crippen molar-refractivity contribution in [3.05, 3.63) is 53.3 Å². The van der Waals surface area contributed by atoms with Gasteiger partial charge in [-0.2, -0.15) is 5.10 Å². The Morgan fingerprint density at radius 3 is 2.78 bits per heavy atom. The van der Waals surface area contributed by atoms with Crippen molar-refractivity contribution < 1.29 is 4.79 Å². The van der Waals surface area contributed by atoms with Gasteiger partial charge in [-0.1, -0.05) is 37.1 Å². The summed E-state index contributed by atoms with van der Waals surface area (Å²) in [5.74, 6) is -0.130. The highest BCUT2D eigenvalue weighted by Gasteiger charge is 2.31. The molecule has 1 amide bonds. The highest BCUT2D eigenvalue weighted by atomic mass is 16.2. The number of nitrogens with two attached hydrogens (primary N) is 1. The van der Waals surface area contributed by atoms with Crippen molar-refractivity contribution >= 4 is 5.91 Å². The number of fused-ring (bicyclic) bond motifs is 1. The van der Waals surface area contributed by atoms with Gasteiger partial charge in [0.15, 0.2) is 0 Å². The highest BCUT2D eigenvalue weighted by molar-refractivity contribution is 5.92. The van der Waals surface area contributed by atoms with E-state index < -0.39 is 0 Å². The van der Waals surface area contributed by atoms with E-state index >= 15 is 0 Å². The van der Waals surface area contributed by atoms with E-state index in [4.69, 9.17) is 5.73 Å². The molecule has 0 unspecified atom stereocenters. The largest absolute Gasteiger partial charge is 0.346 e. The summed E-state index contributed by atoms with van der Waals surface area (Å²) in [5, 5.41) is 7.53. The maximum absolute atomic E-state index is 12.5. The lowest BCUT2D eigenvalue weighted by molar-refractivity contribution is 0.0927. The number of carbonyl (C=O) groups excluding carboxylic acids is 1. The van der Waals surface area contributed by atoms with Crippen LogP contribution in [0.5, 0.6) is 0 Å². The van der Waals surface area contributed by atoms with Gasteiger partial charge in [-0.05, 0) is 36.5 Å². The number of amides is 1. The average Bonchev–Trinajstić information content (AvgIpc) is 3.28. The molecule has 2 atom stereocenters. The lowest BCUT2D eigenvalue weighted by Gasteiger charge is -2.17. The molecule has 1 aromatic heterocycles. The number of aromatic nitrogens is 2. The number of nitrogens with one attached hydrogen (secondary N) is 1. The van der Waals surface area contributed by atoms with Crippen LogP contribution in [0.3, 0.4) is 0 Å². The standard InChI is InChI=1S/C18H22N4O/c19-17-14-8-4-1-5-12(14)11-16(17)20-18(23)15-9-10-22(21-15)13-6-2-3-7-13/h1,4-5,8-10,13,16-17H,2-3,6-7,11,19H2,(H,20,23)/t16-,17-/m1/s1. The third-order valence-electron chi connectivity index (χ3n) is 5.14. The average molecular weight is 310 g/mol. The number of carbonyl (C=O) groups is 1. The van der Waals surface area contributed by atoms with Crippen molar-refractivity contribution in [2.24, 2.45) is 5.73 Å². The molecule has 5 nitrogen and oxygen atoms in total. The Labute approximate surface area is 135 Å². The summed E-state index contributed by atoms with van der Waals surface area (Å²) in [6.07, 6.45) is 7.53. The summed E-state index contributed by atoms with van der Waals surface area (Å²) in [4.78, 5) is 12.5. The molecule has 1 fully saturated rings. The number of nitrogens with zero attached hydrogens (tertiary/aromatic N) is 2. The van der Waals surface area contributed by atoms with E-state index in [0.717, 1.165) is 24.8 Å². The van der Waals surface area contributed by atoms with Crippen LogP contribution in [0.4, 0.5) is 0 Å². The molecular formula is C18H22N4O. The van der Waals surface area contributed by atoms with Crippen LogP contribution in [0.1, 0.15) is 59.4 Å². The van der Waals surface area contributed by atoms with Gasteiger partial charge in [0.05, 0.1) is 18.1 Å².